The van der Waals surface area contributed by atoms with E-state index in [2.05, 4.69) is 9.36 Å². The van der Waals surface area contributed by atoms with Gasteiger partial charge in [0.1, 0.15) is 11.6 Å². The van der Waals surface area contributed by atoms with Crippen LogP contribution in [-0.2, 0) is 6.54 Å². The molecule has 0 unspecified atom stereocenters. The molecule has 0 radical (unpaired) electrons. The molecular formula is C10H11N3OS. The zero-order valence-corrected chi connectivity index (χ0v) is 9.12. The molecule has 0 spiro atoms. The maximum absolute atomic E-state index is 5.54. The van der Waals surface area contributed by atoms with Gasteiger partial charge in [0.05, 0.1) is 0 Å². The first-order valence-corrected chi connectivity index (χ1v) is 5.32. The first-order valence-electron chi connectivity index (χ1n) is 4.55. The van der Waals surface area contributed by atoms with Gasteiger partial charge in [-0.15, -0.1) is 0 Å². The van der Waals surface area contributed by atoms with E-state index in [-0.39, 0.29) is 0 Å². The van der Waals surface area contributed by atoms with Crippen LogP contribution in [0.15, 0.2) is 24.3 Å². The van der Waals surface area contributed by atoms with Crippen molar-refractivity contribution < 1.29 is 4.74 Å². The summed E-state index contributed by atoms with van der Waals surface area (Å²) in [6.07, 6.45) is 0. The van der Waals surface area contributed by atoms with Crippen molar-refractivity contribution in [3.8, 4) is 10.9 Å². The van der Waals surface area contributed by atoms with Crippen LogP contribution in [0.25, 0.3) is 0 Å². The maximum atomic E-state index is 5.54. The van der Waals surface area contributed by atoms with Gasteiger partial charge in [0.25, 0.3) is 5.19 Å². The van der Waals surface area contributed by atoms with Gasteiger partial charge in [0, 0.05) is 18.1 Å². The van der Waals surface area contributed by atoms with Crippen LogP contribution in [0.3, 0.4) is 0 Å². The first kappa shape index (κ1) is 10.1. The fourth-order valence-electron chi connectivity index (χ4n) is 1.16. The normalized spacial score (nSPS) is 10.3. The van der Waals surface area contributed by atoms with Gasteiger partial charge in [0.15, 0.2) is 0 Å². The van der Waals surface area contributed by atoms with Crippen molar-refractivity contribution in [1.82, 2.24) is 9.36 Å². The lowest BCUT2D eigenvalue weighted by Gasteiger charge is -2.02. The maximum Gasteiger partial charge on any atom is 0.298 e. The second-order valence-electron chi connectivity index (χ2n) is 3.06. The summed E-state index contributed by atoms with van der Waals surface area (Å²) in [5.41, 5.74) is 6.57. The molecule has 5 heteroatoms. The summed E-state index contributed by atoms with van der Waals surface area (Å²) in [5.74, 6) is 1.47. The van der Waals surface area contributed by atoms with E-state index in [1.54, 1.807) is 0 Å². The number of nitrogens with two attached hydrogens (primary N) is 1. The van der Waals surface area contributed by atoms with Crippen LogP contribution in [0.4, 0.5) is 0 Å². The van der Waals surface area contributed by atoms with Crippen molar-refractivity contribution in [1.29, 1.82) is 0 Å². The molecule has 0 amide bonds. The van der Waals surface area contributed by atoms with Gasteiger partial charge in [-0.2, -0.15) is 9.36 Å². The Morgan fingerprint density at radius 3 is 3.00 bits per heavy atom. The minimum absolute atomic E-state index is 0.506. The molecule has 0 atom stereocenters. The van der Waals surface area contributed by atoms with Crippen molar-refractivity contribution in [2.24, 2.45) is 5.73 Å². The molecule has 1 heterocycles. The van der Waals surface area contributed by atoms with Crippen LogP contribution in [0.5, 0.6) is 10.9 Å². The SMILES string of the molecule is Cc1nsc(Oc2cccc(CN)c2)n1. The highest BCUT2D eigenvalue weighted by molar-refractivity contribution is 7.07. The highest BCUT2D eigenvalue weighted by atomic mass is 32.1. The highest BCUT2D eigenvalue weighted by Gasteiger charge is 2.03. The lowest BCUT2D eigenvalue weighted by molar-refractivity contribution is 0.477. The number of rotatable bonds is 3. The third-order valence-electron chi connectivity index (χ3n) is 1.85. The number of nitrogens with zero attached hydrogens (tertiary/aromatic N) is 2. The number of hydrogen-bond acceptors (Lipinski definition) is 5. The molecule has 1 aromatic heterocycles. The monoisotopic (exact) mass is 221 g/mol. The van der Waals surface area contributed by atoms with Crippen molar-refractivity contribution in [2.45, 2.75) is 13.5 Å². The topological polar surface area (TPSA) is 61.0 Å². The van der Waals surface area contributed by atoms with E-state index >= 15 is 0 Å². The highest BCUT2D eigenvalue weighted by Crippen LogP contribution is 2.23. The van der Waals surface area contributed by atoms with Crippen LogP contribution in [0, 0.1) is 6.92 Å². The van der Waals surface area contributed by atoms with Gasteiger partial charge in [-0.25, -0.2) is 0 Å². The molecule has 2 N–H and O–H groups in total. The summed E-state index contributed by atoms with van der Waals surface area (Å²) >= 11 is 1.24. The minimum Gasteiger partial charge on any atom is -0.430 e. The van der Waals surface area contributed by atoms with Gasteiger partial charge in [0.2, 0.25) is 0 Å². The number of benzene rings is 1. The molecule has 15 heavy (non-hydrogen) atoms. The Hall–Kier alpha value is -1.46. The second kappa shape index (κ2) is 4.37. The summed E-state index contributed by atoms with van der Waals surface area (Å²) in [4.78, 5) is 4.12. The fourth-order valence-corrected chi connectivity index (χ4v) is 1.71. The molecule has 0 saturated heterocycles. The first-order chi connectivity index (χ1) is 7.28. The molecule has 0 bridgehead atoms. The van der Waals surface area contributed by atoms with Crippen LogP contribution in [0.1, 0.15) is 11.4 Å². The number of hydrogen-bond donors (Lipinski definition) is 1. The Morgan fingerprint density at radius 1 is 1.47 bits per heavy atom. The average molecular weight is 221 g/mol. The smallest absolute Gasteiger partial charge is 0.298 e. The average Bonchev–Trinajstić information content (AvgIpc) is 2.64. The zero-order chi connectivity index (χ0) is 10.7. The molecule has 0 aliphatic carbocycles. The van der Waals surface area contributed by atoms with Crippen molar-refractivity contribution in [3.05, 3.63) is 35.7 Å². The predicted octanol–water partition coefficient (Wildman–Crippen LogP) is 2.10. The Bertz CT molecular complexity index is 455. The Labute approximate surface area is 91.9 Å². The quantitative estimate of drug-likeness (QED) is 0.862. The molecule has 2 aromatic rings. The fraction of sp³-hybridized carbons (Fsp3) is 0.200. The van der Waals surface area contributed by atoms with E-state index in [9.17, 15) is 0 Å². The zero-order valence-electron chi connectivity index (χ0n) is 8.30. The van der Waals surface area contributed by atoms with Gasteiger partial charge in [-0.3, -0.25) is 0 Å². The Balaban J connectivity index is 2.16. The van der Waals surface area contributed by atoms with E-state index in [0.717, 1.165) is 17.1 Å². The third kappa shape index (κ3) is 2.51. The van der Waals surface area contributed by atoms with Gasteiger partial charge >= 0.3 is 0 Å². The molecule has 78 valence electrons. The van der Waals surface area contributed by atoms with Crippen LogP contribution >= 0.6 is 11.5 Å². The molecular weight excluding hydrogens is 210 g/mol. The number of aryl methyl sites for hydroxylation is 1. The summed E-state index contributed by atoms with van der Waals surface area (Å²) in [6.45, 7) is 2.34. The van der Waals surface area contributed by atoms with Gasteiger partial charge in [-0.1, -0.05) is 12.1 Å². The Kier molecular flexibility index (Phi) is 2.94. The lowest BCUT2D eigenvalue weighted by Crippen LogP contribution is -1.95. The van der Waals surface area contributed by atoms with Gasteiger partial charge in [-0.05, 0) is 24.6 Å². The Morgan fingerprint density at radius 2 is 2.33 bits per heavy atom. The van der Waals surface area contributed by atoms with Gasteiger partial charge < -0.3 is 10.5 Å². The van der Waals surface area contributed by atoms with Crippen molar-refractivity contribution >= 4 is 11.5 Å². The molecule has 4 nitrogen and oxygen atoms in total. The van der Waals surface area contributed by atoms with Crippen LogP contribution < -0.4 is 10.5 Å². The number of aromatic nitrogens is 2. The van der Waals surface area contributed by atoms with E-state index in [1.165, 1.54) is 11.5 Å². The van der Waals surface area contributed by atoms with Crippen molar-refractivity contribution in [3.63, 3.8) is 0 Å². The third-order valence-corrected chi connectivity index (χ3v) is 2.53. The summed E-state index contributed by atoms with van der Waals surface area (Å²) < 4.78 is 9.57. The molecule has 0 fully saturated rings. The van der Waals surface area contributed by atoms with E-state index in [0.29, 0.717) is 11.7 Å². The minimum atomic E-state index is 0.506. The summed E-state index contributed by atoms with van der Waals surface area (Å²) in [7, 11) is 0. The lowest BCUT2D eigenvalue weighted by atomic mass is 10.2. The summed E-state index contributed by atoms with van der Waals surface area (Å²) in [6, 6.07) is 7.64. The standard InChI is InChI=1S/C10H11N3OS/c1-7-12-10(15-13-7)14-9-4-2-3-8(5-9)6-11/h2-5H,6,11H2,1H3. The molecule has 0 aliphatic heterocycles. The molecule has 2 rings (SSSR count). The van der Waals surface area contributed by atoms with E-state index in [1.807, 2.05) is 31.2 Å². The van der Waals surface area contributed by atoms with E-state index < -0.39 is 0 Å². The predicted molar refractivity (Wildman–Crippen MR) is 59.1 cm³/mol. The largest absolute Gasteiger partial charge is 0.430 e. The van der Waals surface area contributed by atoms with E-state index in [4.69, 9.17) is 10.5 Å². The number of ether oxygens (including phenoxy) is 1. The van der Waals surface area contributed by atoms with Crippen LogP contribution in [0.2, 0.25) is 0 Å². The second-order valence-corrected chi connectivity index (χ2v) is 3.78. The molecule has 1 aromatic carbocycles. The molecule has 0 saturated carbocycles. The summed E-state index contributed by atoms with van der Waals surface area (Å²) in [5, 5.41) is 0.557. The van der Waals surface area contributed by atoms with Crippen molar-refractivity contribution in [2.75, 3.05) is 0 Å². The molecule has 0 aliphatic rings. The van der Waals surface area contributed by atoms with Crippen LogP contribution in [-0.4, -0.2) is 9.36 Å².